The molecule has 4 nitrogen and oxygen atoms in total. The van der Waals surface area contributed by atoms with Gasteiger partial charge in [-0.2, -0.15) is 5.10 Å². The van der Waals surface area contributed by atoms with Crippen molar-refractivity contribution in [3.8, 4) is 0 Å². The summed E-state index contributed by atoms with van der Waals surface area (Å²) in [5.74, 6) is 3.43. The molecule has 4 fully saturated rings. The topological polar surface area (TPSA) is 55.1 Å². The van der Waals surface area contributed by atoms with E-state index in [1.165, 1.54) is 37.7 Å². The highest BCUT2D eigenvalue weighted by atomic mass is 16.4. The maximum absolute atomic E-state index is 10.9. The first-order valence-corrected chi connectivity index (χ1v) is 7.86. The van der Waals surface area contributed by atoms with Crippen LogP contribution in [0.1, 0.15) is 49.3 Å². The highest BCUT2D eigenvalue weighted by molar-refractivity contribution is 5.66. The van der Waals surface area contributed by atoms with Crippen molar-refractivity contribution in [2.45, 2.75) is 51.5 Å². The number of carboxylic acids is 1. The number of rotatable bonds is 3. The Morgan fingerprint density at radius 3 is 2.40 bits per heavy atom. The first kappa shape index (κ1) is 12.4. The van der Waals surface area contributed by atoms with E-state index in [1.807, 2.05) is 13.1 Å². The van der Waals surface area contributed by atoms with Crippen LogP contribution in [0.15, 0.2) is 6.20 Å². The van der Waals surface area contributed by atoms with Gasteiger partial charge in [0.1, 0.15) is 6.54 Å². The third-order valence-corrected chi connectivity index (χ3v) is 6.01. The van der Waals surface area contributed by atoms with Crippen molar-refractivity contribution in [2.75, 3.05) is 0 Å². The van der Waals surface area contributed by atoms with Crippen molar-refractivity contribution in [3.63, 3.8) is 0 Å². The Hall–Kier alpha value is -1.32. The van der Waals surface area contributed by atoms with Gasteiger partial charge < -0.3 is 5.11 Å². The van der Waals surface area contributed by atoms with Crippen molar-refractivity contribution in [1.29, 1.82) is 0 Å². The Morgan fingerprint density at radius 2 is 1.85 bits per heavy atom. The predicted octanol–water partition coefficient (Wildman–Crippen LogP) is 2.82. The van der Waals surface area contributed by atoms with Crippen LogP contribution in [0.3, 0.4) is 0 Å². The first-order valence-electron chi connectivity index (χ1n) is 7.86. The molecule has 0 aromatic carbocycles. The third kappa shape index (κ3) is 1.80. The van der Waals surface area contributed by atoms with Crippen LogP contribution in [0, 0.1) is 30.6 Å². The molecule has 0 amide bonds. The molecule has 0 spiro atoms. The third-order valence-electron chi connectivity index (χ3n) is 6.01. The van der Waals surface area contributed by atoms with Gasteiger partial charge in [0.15, 0.2) is 0 Å². The Labute approximate surface area is 119 Å². The first-order chi connectivity index (χ1) is 9.61. The van der Waals surface area contributed by atoms with Crippen molar-refractivity contribution >= 4 is 5.97 Å². The summed E-state index contributed by atoms with van der Waals surface area (Å²) in [7, 11) is 0. The fourth-order valence-electron chi connectivity index (χ4n) is 5.51. The van der Waals surface area contributed by atoms with Crippen molar-refractivity contribution in [3.05, 3.63) is 17.5 Å². The van der Waals surface area contributed by atoms with E-state index in [2.05, 4.69) is 5.10 Å². The van der Waals surface area contributed by atoms with Gasteiger partial charge in [0.2, 0.25) is 0 Å². The number of carbonyl (C=O) groups is 1. The van der Waals surface area contributed by atoms with Crippen molar-refractivity contribution in [2.24, 2.45) is 23.7 Å². The summed E-state index contributed by atoms with van der Waals surface area (Å²) in [6.45, 7) is 2.02. The second-order valence-electron chi connectivity index (χ2n) is 7.19. The molecule has 1 aromatic rings. The second kappa shape index (κ2) is 4.34. The molecule has 4 aliphatic carbocycles. The van der Waals surface area contributed by atoms with E-state index in [4.69, 9.17) is 5.11 Å². The van der Waals surface area contributed by atoms with E-state index < -0.39 is 5.97 Å². The van der Waals surface area contributed by atoms with E-state index in [9.17, 15) is 4.79 Å². The maximum atomic E-state index is 10.9. The number of hydrogen-bond donors (Lipinski definition) is 1. The molecular weight excluding hydrogens is 252 g/mol. The minimum Gasteiger partial charge on any atom is -0.480 e. The minimum atomic E-state index is -0.812. The molecule has 108 valence electrons. The summed E-state index contributed by atoms with van der Waals surface area (Å²) in [5.41, 5.74) is 2.41. The molecular formula is C16H22N2O2. The summed E-state index contributed by atoms with van der Waals surface area (Å²) < 4.78 is 1.66. The average molecular weight is 274 g/mol. The van der Waals surface area contributed by atoms with Gasteiger partial charge in [0, 0.05) is 5.69 Å². The second-order valence-corrected chi connectivity index (χ2v) is 7.19. The highest BCUT2D eigenvalue weighted by Gasteiger charge is 2.49. The van der Waals surface area contributed by atoms with Crippen molar-refractivity contribution in [1.82, 2.24) is 9.78 Å². The van der Waals surface area contributed by atoms with Gasteiger partial charge >= 0.3 is 5.97 Å². The zero-order valence-corrected chi connectivity index (χ0v) is 12.0. The SMILES string of the molecule is Cc1c(C2C3CC4CC(C3)CC2C4)cnn1CC(=O)O. The van der Waals surface area contributed by atoms with E-state index in [-0.39, 0.29) is 6.54 Å². The lowest BCUT2D eigenvalue weighted by atomic mass is 9.51. The lowest BCUT2D eigenvalue weighted by Crippen LogP contribution is -2.43. The fourth-order valence-corrected chi connectivity index (χ4v) is 5.51. The van der Waals surface area contributed by atoms with Crippen LogP contribution >= 0.6 is 0 Å². The van der Waals surface area contributed by atoms with E-state index >= 15 is 0 Å². The molecule has 4 heteroatoms. The standard InChI is InChI=1S/C16H22N2O2/c1-9-14(7-17-18(9)8-15(19)20)16-12-3-10-2-11(5-12)6-13(16)4-10/h7,10-13,16H,2-6,8H2,1H3,(H,19,20). The Bertz CT molecular complexity index is 521. The molecule has 4 aliphatic rings. The summed E-state index contributed by atoms with van der Waals surface area (Å²) in [4.78, 5) is 10.9. The van der Waals surface area contributed by atoms with Crippen molar-refractivity contribution < 1.29 is 9.90 Å². The molecule has 1 heterocycles. The summed E-state index contributed by atoms with van der Waals surface area (Å²) in [5, 5.41) is 13.3. The zero-order chi connectivity index (χ0) is 13.9. The molecule has 1 N–H and O–H groups in total. The van der Waals surface area contributed by atoms with Gasteiger partial charge in [-0.25, -0.2) is 0 Å². The normalized spacial score (nSPS) is 38.4. The number of hydrogen-bond acceptors (Lipinski definition) is 2. The maximum Gasteiger partial charge on any atom is 0.325 e. The number of nitrogens with zero attached hydrogens (tertiary/aromatic N) is 2. The van der Waals surface area contributed by atoms with Gasteiger partial charge in [-0.15, -0.1) is 0 Å². The Kier molecular flexibility index (Phi) is 2.69. The van der Waals surface area contributed by atoms with Gasteiger partial charge in [-0.1, -0.05) is 0 Å². The monoisotopic (exact) mass is 274 g/mol. The van der Waals surface area contributed by atoms with Gasteiger partial charge in [-0.05, 0) is 74.2 Å². The van der Waals surface area contributed by atoms with E-state index in [1.54, 1.807) is 4.68 Å². The minimum absolute atomic E-state index is 0.0147. The van der Waals surface area contributed by atoms with Crippen LogP contribution in [0.5, 0.6) is 0 Å². The molecule has 0 radical (unpaired) electrons. The van der Waals surface area contributed by atoms with E-state index in [0.29, 0.717) is 5.92 Å². The molecule has 1 aromatic heterocycles. The summed E-state index contributed by atoms with van der Waals surface area (Å²) >= 11 is 0. The Morgan fingerprint density at radius 1 is 1.25 bits per heavy atom. The number of carboxylic acid groups (broad SMARTS) is 1. The van der Waals surface area contributed by atoms with Crippen LogP contribution in [0.4, 0.5) is 0 Å². The van der Waals surface area contributed by atoms with Crippen LogP contribution in [-0.4, -0.2) is 20.9 Å². The van der Waals surface area contributed by atoms with E-state index in [0.717, 1.165) is 29.4 Å². The number of aliphatic carboxylic acids is 1. The van der Waals surface area contributed by atoms with Crippen LogP contribution in [0.2, 0.25) is 0 Å². The van der Waals surface area contributed by atoms with Gasteiger partial charge in [-0.3, -0.25) is 9.48 Å². The molecule has 0 saturated heterocycles. The molecule has 5 rings (SSSR count). The Balaban J connectivity index is 1.64. The highest BCUT2D eigenvalue weighted by Crippen LogP contribution is 2.60. The largest absolute Gasteiger partial charge is 0.480 e. The lowest BCUT2D eigenvalue weighted by Gasteiger charge is -2.54. The molecule has 4 bridgehead atoms. The zero-order valence-electron chi connectivity index (χ0n) is 12.0. The molecule has 0 atom stereocenters. The lowest BCUT2D eigenvalue weighted by molar-refractivity contribution is -0.137. The van der Waals surface area contributed by atoms with Gasteiger partial charge in [0.25, 0.3) is 0 Å². The predicted molar refractivity (Wildman–Crippen MR) is 74.4 cm³/mol. The fraction of sp³-hybridized carbons (Fsp3) is 0.750. The quantitative estimate of drug-likeness (QED) is 0.922. The molecule has 20 heavy (non-hydrogen) atoms. The molecule has 0 unspecified atom stereocenters. The number of aromatic nitrogens is 2. The van der Waals surface area contributed by atoms with Crippen LogP contribution < -0.4 is 0 Å². The summed E-state index contributed by atoms with van der Waals surface area (Å²) in [6, 6.07) is 0. The van der Waals surface area contributed by atoms with Crippen LogP contribution in [-0.2, 0) is 11.3 Å². The molecule has 4 saturated carbocycles. The molecule has 0 aliphatic heterocycles. The smallest absolute Gasteiger partial charge is 0.325 e. The van der Waals surface area contributed by atoms with Crippen LogP contribution in [0.25, 0.3) is 0 Å². The van der Waals surface area contributed by atoms with Gasteiger partial charge in [0.05, 0.1) is 6.20 Å². The average Bonchev–Trinajstić information content (AvgIpc) is 2.70. The summed E-state index contributed by atoms with van der Waals surface area (Å²) in [6.07, 6.45) is 8.98.